The van der Waals surface area contributed by atoms with Crippen LogP contribution in [0.3, 0.4) is 0 Å². The lowest BCUT2D eigenvalue weighted by molar-refractivity contribution is 0.410. The van der Waals surface area contributed by atoms with Crippen LogP contribution in [0.15, 0.2) is 60.7 Å². The lowest BCUT2D eigenvalue weighted by atomic mass is 10.1. The SMILES string of the molecule is COc1ccccc1CNc1c(F)c(F)c2nc3c(cc2c1F)c(-c1ccccc1)nn3C. The summed E-state index contributed by atoms with van der Waals surface area (Å²) in [5.74, 6) is -2.92. The maximum Gasteiger partial charge on any atom is 0.187 e. The molecule has 1 N–H and O–H groups in total. The number of pyridine rings is 1. The van der Waals surface area contributed by atoms with Gasteiger partial charge in [0, 0.05) is 35.5 Å². The zero-order valence-corrected chi connectivity index (χ0v) is 17.9. The summed E-state index contributed by atoms with van der Waals surface area (Å²) in [6.07, 6.45) is 0. The number of fused-ring (bicyclic) bond motifs is 2. The highest BCUT2D eigenvalue weighted by Gasteiger charge is 2.24. The van der Waals surface area contributed by atoms with Gasteiger partial charge in [-0.2, -0.15) is 5.10 Å². The molecule has 0 aliphatic rings. The summed E-state index contributed by atoms with van der Waals surface area (Å²) in [7, 11) is 3.16. The molecule has 33 heavy (non-hydrogen) atoms. The highest BCUT2D eigenvalue weighted by atomic mass is 19.2. The molecule has 5 rings (SSSR count). The molecule has 3 aromatic carbocycles. The maximum atomic E-state index is 15.5. The average molecular weight is 448 g/mol. The number of aromatic nitrogens is 3. The fourth-order valence-corrected chi connectivity index (χ4v) is 3.95. The number of benzene rings is 3. The van der Waals surface area contributed by atoms with E-state index in [1.165, 1.54) is 17.9 Å². The van der Waals surface area contributed by atoms with E-state index >= 15 is 8.78 Å². The molecule has 5 aromatic rings. The van der Waals surface area contributed by atoms with Crippen LogP contribution in [-0.2, 0) is 13.6 Å². The minimum atomic E-state index is -1.33. The number of hydrogen-bond acceptors (Lipinski definition) is 4. The predicted molar refractivity (Wildman–Crippen MR) is 122 cm³/mol. The molecular weight excluding hydrogens is 429 g/mol. The van der Waals surface area contributed by atoms with Crippen molar-refractivity contribution in [3.8, 4) is 17.0 Å². The van der Waals surface area contributed by atoms with Gasteiger partial charge in [-0.1, -0.05) is 48.5 Å². The number of nitrogens with one attached hydrogen (secondary N) is 1. The Bertz CT molecular complexity index is 1500. The van der Waals surface area contributed by atoms with E-state index in [0.29, 0.717) is 28.0 Å². The number of hydrogen-bond donors (Lipinski definition) is 1. The summed E-state index contributed by atoms with van der Waals surface area (Å²) in [4.78, 5) is 4.23. The zero-order chi connectivity index (χ0) is 23.1. The van der Waals surface area contributed by atoms with Crippen molar-refractivity contribution in [3.63, 3.8) is 0 Å². The topological polar surface area (TPSA) is 52.0 Å². The van der Waals surface area contributed by atoms with Gasteiger partial charge >= 0.3 is 0 Å². The largest absolute Gasteiger partial charge is 0.496 e. The van der Waals surface area contributed by atoms with Gasteiger partial charge in [0.1, 0.15) is 22.6 Å². The smallest absolute Gasteiger partial charge is 0.187 e. The number of halogens is 3. The summed E-state index contributed by atoms with van der Waals surface area (Å²) in [5, 5.41) is 7.56. The van der Waals surface area contributed by atoms with Gasteiger partial charge in [-0.3, -0.25) is 0 Å². The summed E-state index contributed by atoms with van der Waals surface area (Å²) in [5.41, 5.74) is 1.44. The van der Waals surface area contributed by atoms with Crippen LogP contribution in [0.4, 0.5) is 18.9 Å². The third kappa shape index (κ3) is 3.44. The Labute approximate surface area is 187 Å². The fraction of sp³-hybridized carbons (Fsp3) is 0.120. The number of ether oxygens (including phenoxy) is 1. The normalized spacial score (nSPS) is 11.3. The summed E-state index contributed by atoms with van der Waals surface area (Å²) < 4.78 is 52.1. The molecule has 0 fully saturated rings. The Morgan fingerprint density at radius 1 is 0.909 bits per heavy atom. The van der Waals surface area contributed by atoms with E-state index in [9.17, 15) is 4.39 Å². The zero-order valence-electron chi connectivity index (χ0n) is 17.9. The van der Waals surface area contributed by atoms with Crippen LogP contribution in [0.2, 0.25) is 0 Å². The van der Waals surface area contributed by atoms with Crippen LogP contribution >= 0.6 is 0 Å². The van der Waals surface area contributed by atoms with Crippen LogP contribution in [0, 0.1) is 17.5 Å². The number of aryl methyl sites for hydroxylation is 1. The van der Waals surface area contributed by atoms with Crippen molar-refractivity contribution >= 4 is 27.6 Å². The molecule has 5 nitrogen and oxygen atoms in total. The second kappa shape index (κ2) is 8.12. The van der Waals surface area contributed by atoms with Crippen LogP contribution in [-0.4, -0.2) is 21.9 Å². The number of nitrogens with zero attached hydrogens (tertiary/aromatic N) is 3. The molecule has 0 unspecified atom stereocenters. The van der Waals surface area contributed by atoms with Crippen LogP contribution in [0.1, 0.15) is 5.56 Å². The molecule has 8 heteroatoms. The molecule has 0 spiro atoms. The van der Waals surface area contributed by atoms with Crippen LogP contribution in [0.25, 0.3) is 33.2 Å². The van der Waals surface area contributed by atoms with E-state index in [1.54, 1.807) is 31.3 Å². The van der Waals surface area contributed by atoms with E-state index in [-0.39, 0.29) is 17.4 Å². The Morgan fingerprint density at radius 2 is 1.64 bits per heavy atom. The minimum Gasteiger partial charge on any atom is -0.496 e. The van der Waals surface area contributed by atoms with Crippen molar-refractivity contribution in [2.45, 2.75) is 6.54 Å². The monoisotopic (exact) mass is 448 g/mol. The molecular formula is C25H19F3N4O. The number of methoxy groups -OCH3 is 1. The first-order valence-electron chi connectivity index (χ1n) is 10.2. The molecule has 0 radical (unpaired) electrons. The first kappa shape index (κ1) is 20.8. The first-order valence-corrected chi connectivity index (χ1v) is 10.2. The molecule has 0 saturated carbocycles. The Morgan fingerprint density at radius 3 is 2.39 bits per heavy atom. The lowest BCUT2D eigenvalue weighted by Gasteiger charge is -2.14. The van der Waals surface area contributed by atoms with Crippen LogP contribution in [0.5, 0.6) is 5.75 Å². The van der Waals surface area contributed by atoms with Gasteiger partial charge in [-0.05, 0) is 12.1 Å². The lowest BCUT2D eigenvalue weighted by Crippen LogP contribution is -2.08. The molecule has 0 amide bonds. The molecule has 0 saturated heterocycles. The summed E-state index contributed by atoms with van der Waals surface area (Å²) in [6.45, 7) is 0.0423. The Hall–Kier alpha value is -4.07. The maximum absolute atomic E-state index is 15.5. The molecule has 0 aliphatic carbocycles. The second-order valence-electron chi connectivity index (χ2n) is 7.58. The van der Waals surface area contributed by atoms with Crippen molar-refractivity contribution in [1.29, 1.82) is 0 Å². The van der Waals surface area contributed by atoms with Gasteiger partial charge in [-0.25, -0.2) is 22.8 Å². The summed E-state index contributed by atoms with van der Waals surface area (Å²) >= 11 is 0. The molecule has 0 aliphatic heterocycles. The minimum absolute atomic E-state index is 0.0423. The molecule has 166 valence electrons. The Kier molecular flexibility index (Phi) is 5.12. The van der Waals surface area contributed by atoms with Gasteiger partial charge in [0.15, 0.2) is 23.1 Å². The number of para-hydroxylation sites is 1. The van der Waals surface area contributed by atoms with Crippen molar-refractivity contribution < 1.29 is 17.9 Å². The highest BCUT2D eigenvalue weighted by molar-refractivity contribution is 6.00. The van der Waals surface area contributed by atoms with Crippen molar-refractivity contribution in [2.24, 2.45) is 7.05 Å². The van der Waals surface area contributed by atoms with Gasteiger partial charge in [0.05, 0.1) is 7.11 Å². The van der Waals surface area contributed by atoms with Crippen molar-refractivity contribution in [3.05, 3.63) is 83.7 Å². The number of rotatable bonds is 5. The quantitative estimate of drug-likeness (QED) is 0.344. The van der Waals surface area contributed by atoms with E-state index < -0.39 is 23.1 Å². The highest BCUT2D eigenvalue weighted by Crippen LogP contribution is 2.35. The van der Waals surface area contributed by atoms with E-state index in [1.807, 2.05) is 30.3 Å². The van der Waals surface area contributed by atoms with E-state index in [0.717, 1.165) is 5.56 Å². The third-order valence-electron chi connectivity index (χ3n) is 5.59. The number of anilines is 1. The van der Waals surface area contributed by atoms with Crippen molar-refractivity contribution in [2.75, 3.05) is 12.4 Å². The van der Waals surface area contributed by atoms with Gasteiger partial charge in [-0.15, -0.1) is 0 Å². The van der Waals surface area contributed by atoms with E-state index in [4.69, 9.17) is 4.74 Å². The Balaban J connectivity index is 1.66. The summed E-state index contributed by atoms with van der Waals surface area (Å²) in [6, 6.07) is 17.9. The third-order valence-corrected chi connectivity index (χ3v) is 5.59. The standard InChI is InChI=1S/C25H19F3N4O/c1-32-25-17(22(31-32)14-8-4-3-5-9-14)12-16-19(26)24(21(28)20(27)23(16)30-25)29-13-15-10-6-7-11-18(15)33-2/h3-12,29H,13H2,1-2H3. The molecule has 0 bridgehead atoms. The fourth-order valence-electron chi connectivity index (χ4n) is 3.95. The van der Waals surface area contributed by atoms with Gasteiger partial charge < -0.3 is 10.1 Å². The van der Waals surface area contributed by atoms with Gasteiger partial charge in [0.2, 0.25) is 0 Å². The van der Waals surface area contributed by atoms with Crippen LogP contribution < -0.4 is 10.1 Å². The molecule has 2 heterocycles. The first-order chi connectivity index (χ1) is 16.0. The second-order valence-corrected chi connectivity index (χ2v) is 7.58. The average Bonchev–Trinajstić information content (AvgIpc) is 3.18. The van der Waals surface area contributed by atoms with Crippen molar-refractivity contribution in [1.82, 2.24) is 14.8 Å². The van der Waals surface area contributed by atoms with E-state index in [2.05, 4.69) is 15.4 Å². The van der Waals surface area contributed by atoms with Gasteiger partial charge in [0.25, 0.3) is 0 Å². The molecule has 0 atom stereocenters. The predicted octanol–water partition coefficient (Wildman–Crippen LogP) is 5.83. The molecule has 2 aromatic heterocycles.